The van der Waals surface area contributed by atoms with Crippen LogP contribution in [0.2, 0.25) is 0 Å². The van der Waals surface area contributed by atoms with Gasteiger partial charge in [0.1, 0.15) is 0 Å². The van der Waals surface area contributed by atoms with E-state index in [2.05, 4.69) is 596 Å². The first-order chi connectivity index (χ1) is 73.6. The van der Waals surface area contributed by atoms with Gasteiger partial charge in [0.05, 0.1) is 22.1 Å². The van der Waals surface area contributed by atoms with Crippen LogP contribution in [-0.2, 0) is 10.8 Å². The van der Waals surface area contributed by atoms with Crippen molar-refractivity contribution in [3.63, 3.8) is 0 Å². The molecule has 4 nitrogen and oxygen atoms in total. The summed E-state index contributed by atoms with van der Waals surface area (Å²) in [5.74, 6) is 1.12. The summed E-state index contributed by atoms with van der Waals surface area (Å²) in [4.78, 5) is 4.77. The smallest absolute Gasteiger partial charge is 0.0541 e. The third-order valence-corrected chi connectivity index (χ3v) is 32.3. The molecule has 0 aliphatic heterocycles. The Morgan fingerprint density at radius 1 is 0.180 bits per heavy atom. The van der Waals surface area contributed by atoms with Crippen molar-refractivity contribution in [1.82, 2.24) is 9.13 Å². The van der Waals surface area contributed by atoms with E-state index in [-0.39, 0.29) is 10.8 Å². The summed E-state index contributed by atoms with van der Waals surface area (Å²) in [5, 5.41) is 4.91. The fraction of sp³-hybridized carbons (Fsp3) is 0.0959. The van der Waals surface area contributed by atoms with Crippen molar-refractivity contribution < 1.29 is 0 Å². The Morgan fingerprint density at radius 2 is 0.387 bits per heavy atom. The minimum Gasteiger partial charge on any atom is -0.311 e. The van der Waals surface area contributed by atoms with E-state index in [1.165, 1.54) is 211 Å². The number of benzene rings is 22. The third kappa shape index (κ3) is 17.3. The number of anilines is 6. The van der Waals surface area contributed by atoms with Crippen LogP contribution in [0.4, 0.5) is 34.1 Å². The van der Waals surface area contributed by atoms with Crippen LogP contribution in [0.25, 0.3) is 189 Å². The molecule has 0 bridgehead atoms. The first kappa shape index (κ1) is 93.1. The lowest BCUT2D eigenvalue weighted by molar-refractivity contribution is 0.660. The van der Waals surface area contributed by atoms with E-state index in [0.29, 0.717) is 11.8 Å². The van der Waals surface area contributed by atoms with Crippen LogP contribution in [0.15, 0.2) is 522 Å². The Bertz CT molecular complexity index is 9020. The SMILES string of the molecule is CCC(C)c1ccc(-c2ccc(-c3ccc4c(c3)c3cc(-c5ccc(N(c6ccc(-c7ccccc7)cc6)c6ccc(-c7ccccc7)cc6)cc5)ccc3n4-c3ccc(-c4ccccc4)cc3)cc2)cc1.CCC(C)c1ccc(-c2ccc(-c3ccc4c(c3)c3cc(-c5ccc(N(c6ccc(-c7ccccc7)cc6)c6ccc7c(c6)C(C)(C)c6ccccc6-7)cc5)ccc3n4-c3ccc4c(c3)C(C)(C)c3ccccc3-4)cc2)cc1. The summed E-state index contributed by atoms with van der Waals surface area (Å²) in [6.07, 6.45) is 2.28. The van der Waals surface area contributed by atoms with Gasteiger partial charge in [0.25, 0.3) is 0 Å². The standard InChI is InChI=1S/C76H62N2.C70H54N2/c1-7-49(2)50-21-23-52(24-22-50)53-25-27-55(28-26-53)57-33-43-73-67(45-57)68-46-58(34-44-74(68)78(73)62-40-42-66-64-18-12-14-20-70(64)76(5,6)72(66)48-62)56-31-37-60(38-32-56)77(59-35-29-54(30-36-59)51-15-9-8-10-16-51)61-39-41-65-63-17-11-13-19-69(63)75(3,4)71(65)47-61;1-3-49(2)50-19-21-54(22-20-50)55-23-25-59(26-24-55)61-35-45-69-67(47-61)68-48-62(36-46-70(68)72(69)66-43-31-58(32-44-66)53-17-11-6-12-18-53)60-33-41-65(42-34-60)71(63-37-27-56(28-38-63)51-13-7-4-8-14-51)64-39-29-57(30-40-64)52-15-9-5-10-16-52/h8-49H,7H2,1-6H3;4-49H,3H2,1-2H3. The van der Waals surface area contributed by atoms with Gasteiger partial charge in [-0.2, -0.15) is 0 Å². The Hall–Kier alpha value is -18.0. The highest BCUT2D eigenvalue weighted by Crippen LogP contribution is 2.54. The molecule has 2 aliphatic carbocycles. The van der Waals surface area contributed by atoms with Crippen LogP contribution in [0, 0.1) is 0 Å². The predicted molar refractivity (Wildman–Crippen MR) is 638 cm³/mol. The van der Waals surface area contributed by atoms with Crippen LogP contribution in [-0.4, -0.2) is 9.13 Å². The van der Waals surface area contributed by atoms with Gasteiger partial charge in [-0.3, -0.25) is 0 Å². The lowest BCUT2D eigenvalue weighted by Gasteiger charge is -2.28. The van der Waals surface area contributed by atoms with Gasteiger partial charge in [-0.15, -0.1) is 0 Å². The van der Waals surface area contributed by atoms with E-state index in [1.807, 2.05) is 0 Å². The largest absolute Gasteiger partial charge is 0.311 e. The highest BCUT2D eigenvalue weighted by atomic mass is 15.1. The number of rotatable bonds is 22. The molecule has 2 heterocycles. The van der Waals surface area contributed by atoms with E-state index in [4.69, 9.17) is 0 Å². The van der Waals surface area contributed by atoms with Gasteiger partial charge in [0.15, 0.2) is 0 Å². The van der Waals surface area contributed by atoms with E-state index >= 15 is 0 Å². The van der Waals surface area contributed by atoms with Crippen LogP contribution >= 0.6 is 0 Å². The summed E-state index contributed by atoms with van der Waals surface area (Å²) in [5.41, 5.74) is 51.2. The molecule has 0 spiro atoms. The van der Waals surface area contributed by atoms with Gasteiger partial charge in [-0.05, 0) is 337 Å². The molecule has 0 saturated heterocycles. The van der Waals surface area contributed by atoms with Gasteiger partial charge in [0.2, 0.25) is 0 Å². The molecular weight excluding hydrogens is 1810 g/mol. The molecule has 150 heavy (non-hydrogen) atoms. The maximum atomic E-state index is 2.49. The second-order valence-corrected chi connectivity index (χ2v) is 41.8. The summed E-state index contributed by atoms with van der Waals surface area (Å²) < 4.78 is 4.91. The second kappa shape index (κ2) is 39.1. The van der Waals surface area contributed by atoms with Crippen LogP contribution in [0.1, 0.15) is 113 Å². The summed E-state index contributed by atoms with van der Waals surface area (Å²) >= 11 is 0. The summed E-state index contributed by atoms with van der Waals surface area (Å²) in [6, 6.07) is 193. The Kier molecular flexibility index (Phi) is 24.3. The Labute approximate surface area is 881 Å². The monoisotopic (exact) mass is 1920 g/mol. The van der Waals surface area contributed by atoms with Gasteiger partial charge < -0.3 is 18.9 Å². The molecule has 0 amide bonds. The van der Waals surface area contributed by atoms with E-state index in [1.54, 1.807) is 0 Å². The zero-order chi connectivity index (χ0) is 101. The average Bonchev–Trinajstić information content (AvgIpc) is 1.58. The third-order valence-electron chi connectivity index (χ3n) is 32.3. The zero-order valence-electron chi connectivity index (χ0n) is 86.0. The molecule has 720 valence electrons. The molecule has 2 unspecified atom stereocenters. The van der Waals surface area contributed by atoms with E-state index in [0.717, 1.165) is 58.2 Å². The normalized spacial score (nSPS) is 12.9. The number of nitrogens with zero attached hydrogens (tertiary/aromatic N) is 4. The highest BCUT2D eigenvalue weighted by Gasteiger charge is 2.38. The van der Waals surface area contributed by atoms with Crippen molar-refractivity contribution in [3.8, 4) is 145 Å². The molecular formula is C146H116N4. The van der Waals surface area contributed by atoms with Crippen molar-refractivity contribution in [1.29, 1.82) is 0 Å². The second-order valence-electron chi connectivity index (χ2n) is 41.8. The predicted octanol–water partition coefficient (Wildman–Crippen LogP) is 40.8. The molecule has 0 radical (unpaired) electrons. The fourth-order valence-corrected chi connectivity index (χ4v) is 23.4. The zero-order valence-corrected chi connectivity index (χ0v) is 86.0. The topological polar surface area (TPSA) is 16.3 Å². The molecule has 0 N–H and O–H groups in total. The van der Waals surface area contributed by atoms with Crippen molar-refractivity contribution in [2.24, 2.45) is 0 Å². The van der Waals surface area contributed by atoms with Crippen molar-refractivity contribution >= 4 is 77.7 Å². The quantitative estimate of drug-likeness (QED) is 0.0672. The molecule has 2 atom stereocenters. The molecule has 2 aromatic heterocycles. The van der Waals surface area contributed by atoms with Crippen molar-refractivity contribution in [2.75, 3.05) is 9.80 Å². The van der Waals surface area contributed by atoms with Crippen molar-refractivity contribution in [3.05, 3.63) is 555 Å². The summed E-state index contributed by atoms with van der Waals surface area (Å²) in [7, 11) is 0. The highest BCUT2D eigenvalue weighted by molar-refractivity contribution is 6.14. The first-order valence-electron chi connectivity index (χ1n) is 53.1. The number of hydrogen-bond donors (Lipinski definition) is 0. The van der Waals surface area contributed by atoms with Crippen LogP contribution < -0.4 is 9.80 Å². The average molecular weight is 1930 g/mol. The van der Waals surface area contributed by atoms with Gasteiger partial charge in [0, 0.05) is 77.9 Å². The molecule has 22 aromatic carbocycles. The molecule has 2 aliphatic rings. The first-order valence-corrected chi connectivity index (χ1v) is 53.1. The summed E-state index contributed by atoms with van der Waals surface area (Å²) in [6.45, 7) is 18.6. The number of hydrogen-bond acceptors (Lipinski definition) is 2. The maximum absolute atomic E-state index is 2.49. The van der Waals surface area contributed by atoms with Gasteiger partial charge >= 0.3 is 0 Å². The molecule has 4 heteroatoms. The van der Waals surface area contributed by atoms with E-state index in [9.17, 15) is 0 Å². The fourth-order valence-electron chi connectivity index (χ4n) is 23.4. The number of aromatic nitrogens is 2. The minimum absolute atomic E-state index is 0.112. The van der Waals surface area contributed by atoms with Crippen LogP contribution in [0.3, 0.4) is 0 Å². The van der Waals surface area contributed by atoms with Crippen molar-refractivity contribution in [2.45, 2.75) is 90.9 Å². The lowest BCUT2D eigenvalue weighted by atomic mass is 9.82. The lowest BCUT2D eigenvalue weighted by Crippen LogP contribution is -2.16. The Balaban J connectivity index is 0.000000156. The molecule has 0 fully saturated rings. The van der Waals surface area contributed by atoms with Crippen LogP contribution in [0.5, 0.6) is 0 Å². The number of fused-ring (bicyclic) bond motifs is 12. The minimum atomic E-state index is -0.120. The Morgan fingerprint density at radius 3 is 0.687 bits per heavy atom. The molecule has 24 aromatic rings. The van der Waals surface area contributed by atoms with Gasteiger partial charge in [-0.1, -0.05) is 432 Å². The van der Waals surface area contributed by atoms with E-state index < -0.39 is 0 Å². The maximum Gasteiger partial charge on any atom is 0.0541 e. The molecule has 26 rings (SSSR count). The van der Waals surface area contributed by atoms with Gasteiger partial charge in [-0.25, -0.2) is 0 Å². The molecule has 0 saturated carbocycles.